The highest BCUT2D eigenvalue weighted by Gasteiger charge is 2.42. The van der Waals surface area contributed by atoms with Crippen molar-refractivity contribution < 1.29 is 13.9 Å². The van der Waals surface area contributed by atoms with Gasteiger partial charge in [0.25, 0.3) is 0 Å². The number of piperazine rings is 1. The Hall–Kier alpha value is -2.92. The quantitative estimate of drug-likeness (QED) is 0.626. The molecule has 1 aromatic carbocycles. The van der Waals surface area contributed by atoms with E-state index in [4.69, 9.17) is 0 Å². The smallest absolute Gasteiger partial charge is 0.221 e. The van der Waals surface area contributed by atoms with Crippen LogP contribution >= 0.6 is 0 Å². The highest BCUT2D eigenvalue weighted by atomic mass is 19.1. The van der Waals surface area contributed by atoms with E-state index in [-0.39, 0.29) is 12.1 Å². The predicted octanol–water partition coefficient (Wildman–Crippen LogP) is 0.773. The minimum absolute atomic E-state index is 0.0148. The van der Waals surface area contributed by atoms with Crippen LogP contribution in [-0.2, 0) is 12.1 Å². The molecular formula is C18H22F2N8O. The van der Waals surface area contributed by atoms with Gasteiger partial charge in [0.15, 0.2) is 0 Å². The van der Waals surface area contributed by atoms with Gasteiger partial charge in [0.05, 0.1) is 6.54 Å². The fourth-order valence-corrected chi connectivity index (χ4v) is 3.82. The van der Waals surface area contributed by atoms with Crippen LogP contribution in [0, 0.1) is 11.6 Å². The van der Waals surface area contributed by atoms with Crippen molar-refractivity contribution in [3.8, 4) is 0 Å². The van der Waals surface area contributed by atoms with Gasteiger partial charge in [0.1, 0.15) is 36.2 Å². The molecule has 0 radical (unpaired) electrons. The molecule has 3 aromatic rings. The maximum atomic E-state index is 14.7. The Bertz CT molecular complexity index is 928. The van der Waals surface area contributed by atoms with Gasteiger partial charge in [-0.3, -0.25) is 4.90 Å². The summed E-state index contributed by atoms with van der Waals surface area (Å²) in [4.78, 5) is 12.2. The Morgan fingerprint density at radius 1 is 1.21 bits per heavy atom. The van der Waals surface area contributed by atoms with Crippen molar-refractivity contribution in [1.29, 1.82) is 0 Å². The minimum Gasteiger partial charge on any atom is -0.381 e. The van der Waals surface area contributed by atoms with Crippen molar-refractivity contribution in [3.05, 3.63) is 54.4 Å². The molecule has 154 valence electrons. The Labute approximate surface area is 166 Å². The van der Waals surface area contributed by atoms with Crippen molar-refractivity contribution in [2.45, 2.75) is 25.1 Å². The van der Waals surface area contributed by atoms with Crippen LogP contribution in [0.25, 0.3) is 0 Å². The van der Waals surface area contributed by atoms with E-state index < -0.39 is 23.3 Å². The first-order chi connectivity index (χ1) is 14.0. The number of hydrogen-bond donors (Lipinski definition) is 2. The normalized spacial score (nSPS) is 18.6. The molecule has 0 amide bonds. The van der Waals surface area contributed by atoms with Gasteiger partial charge in [0.2, 0.25) is 5.95 Å². The Morgan fingerprint density at radius 2 is 2.00 bits per heavy atom. The van der Waals surface area contributed by atoms with Gasteiger partial charge in [-0.15, -0.1) is 0 Å². The second-order valence-electron chi connectivity index (χ2n) is 7.15. The SMILES string of the molecule is C[C@@H](N1CCN(c2ncn[nH]2)CC1)[C@](O)(Cn1cncn1)c1ccc(F)cc1F. The summed E-state index contributed by atoms with van der Waals surface area (Å²) >= 11 is 0. The first kappa shape index (κ1) is 19.4. The van der Waals surface area contributed by atoms with E-state index in [1.54, 1.807) is 0 Å². The maximum Gasteiger partial charge on any atom is 0.221 e. The molecule has 1 aliphatic heterocycles. The summed E-state index contributed by atoms with van der Waals surface area (Å²) in [5.74, 6) is -0.790. The lowest BCUT2D eigenvalue weighted by atomic mass is 9.85. The number of aromatic nitrogens is 6. The number of rotatable bonds is 6. The summed E-state index contributed by atoms with van der Waals surface area (Å²) in [5, 5.41) is 22.4. The van der Waals surface area contributed by atoms with E-state index in [1.165, 1.54) is 29.7 Å². The molecule has 11 heteroatoms. The Balaban J connectivity index is 1.59. The third-order valence-electron chi connectivity index (χ3n) is 5.52. The molecule has 0 saturated carbocycles. The summed E-state index contributed by atoms with van der Waals surface area (Å²) in [5.41, 5.74) is -1.61. The van der Waals surface area contributed by atoms with E-state index in [1.807, 2.05) is 6.92 Å². The molecule has 0 bridgehead atoms. The predicted molar refractivity (Wildman–Crippen MR) is 99.9 cm³/mol. The van der Waals surface area contributed by atoms with Crippen LogP contribution in [0.5, 0.6) is 0 Å². The molecule has 4 rings (SSSR count). The number of aliphatic hydroxyl groups is 1. The maximum absolute atomic E-state index is 14.7. The van der Waals surface area contributed by atoms with E-state index >= 15 is 0 Å². The summed E-state index contributed by atoms with van der Waals surface area (Å²) in [6, 6.07) is 2.77. The molecule has 2 atom stereocenters. The molecule has 2 aromatic heterocycles. The Morgan fingerprint density at radius 3 is 2.62 bits per heavy atom. The monoisotopic (exact) mass is 404 g/mol. The minimum atomic E-state index is -1.64. The van der Waals surface area contributed by atoms with Crippen molar-refractivity contribution >= 4 is 5.95 Å². The number of hydrogen-bond acceptors (Lipinski definition) is 7. The van der Waals surface area contributed by atoms with Gasteiger partial charge >= 0.3 is 0 Å². The topological polar surface area (TPSA) is 99.0 Å². The Kier molecular flexibility index (Phi) is 5.24. The van der Waals surface area contributed by atoms with E-state index in [9.17, 15) is 13.9 Å². The van der Waals surface area contributed by atoms with Crippen molar-refractivity contribution in [3.63, 3.8) is 0 Å². The molecule has 1 fully saturated rings. The first-order valence-electron chi connectivity index (χ1n) is 9.32. The number of nitrogens with one attached hydrogen (secondary N) is 1. The molecule has 1 saturated heterocycles. The number of aromatic amines is 1. The van der Waals surface area contributed by atoms with Crippen molar-refractivity contribution in [1.82, 2.24) is 34.8 Å². The largest absolute Gasteiger partial charge is 0.381 e. The van der Waals surface area contributed by atoms with E-state index in [0.29, 0.717) is 32.1 Å². The van der Waals surface area contributed by atoms with Crippen LogP contribution in [0.4, 0.5) is 14.7 Å². The van der Waals surface area contributed by atoms with Crippen molar-refractivity contribution in [2.75, 3.05) is 31.1 Å². The molecule has 0 unspecified atom stereocenters. The zero-order valence-electron chi connectivity index (χ0n) is 15.9. The van der Waals surface area contributed by atoms with Gasteiger partial charge < -0.3 is 10.0 Å². The second-order valence-corrected chi connectivity index (χ2v) is 7.15. The fraction of sp³-hybridized carbons (Fsp3) is 0.444. The van der Waals surface area contributed by atoms with Crippen LogP contribution in [-0.4, -0.2) is 72.2 Å². The van der Waals surface area contributed by atoms with Crippen LogP contribution < -0.4 is 4.90 Å². The fourth-order valence-electron chi connectivity index (χ4n) is 3.82. The first-order valence-corrected chi connectivity index (χ1v) is 9.32. The highest BCUT2D eigenvalue weighted by Crippen LogP contribution is 2.33. The number of halogens is 2. The lowest BCUT2D eigenvalue weighted by Crippen LogP contribution is -2.57. The summed E-state index contributed by atoms with van der Waals surface area (Å²) in [6.45, 7) is 4.42. The van der Waals surface area contributed by atoms with Crippen LogP contribution in [0.2, 0.25) is 0 Å². The summed E-state index contributed by atoms with van der Waals surface area (Å²) in [7, 11) is 0. The molecule has 29 heavy (non-hydrogen) atoms. The van der Waals surface area contributed by atoms with Gasteiger partial charge in [-0.05, 0) is 13.0 Å². The molecule has 2 N–H and O–H groups in total. The van der Waals surface area contributed by atoms with Crippen LogP contribution in [0.3, 0.4) is 0 Å². The number of nitrogens with zero attached hydrogens (tertiary/aromatic N) is 7. The number of benzene rings is 1. The molecular weight excluding hydrogens is 382 g/mol. The van der Waals surface area contributed by atoms with Gasteiger partial charge in [-0.2, -0.15) is 15.2 Å². The molecule has 9 nitrogen and oxygen atoms in total. The molecule has 0 spiro atoms. The van der Waals surface area contributed by atoms with Gasteiger partial charge in [0, 0.05) is 43.9 Å². The van der Waals surface area contributed by atoms with E-state index in [0.717, 1.165) is 12.1 Å². The zero-order chi connectivity index (χ0) is 20.4. The van der Waals surface area contributed by atoms with Gasteiger partial charge in [-0.1, -0.05) is 6.07 Å². The zero-order valence-corrected chi connectivity index (χ0v) is 15.9. The molecule has 0 aliphatic carbocycles. The van der Waals surface area contributed by atoms with Gasteiger partial charge in [-0.25, -0.2) is 23.5 Å². The average molecular weight is 404 g/mol. The average Bonchev–Trinajstić information content (AvgIpc) is 3.41. The summed E-state index contributed by atoms with van der Waals surface area (Å²) in [6.07, 6.45) is 4.27. The van der Waals surface area contributed by atoms with Crippen molar-refractivity contribution in [2.24, 2.45) is 0 Å². The lowest BCUT2D eigenvalue weighted by Gasteiger charge is -2.44. The number of H-pyrrole nitrogens is 1. The van der Waals surface area contributed by atoms with E-state index in [2.05, 4.69) is 35.1 Å². The lowest BCUT2D eigenvalue weighted by molar-refractivity contribution is -0.0650. The standard InChI is InChI=1S/C18H22F2N8O/c1-13(26-4-6-27(7-5-26)17-22-11-23-25-17)18(29,9-28-12-21-10-24-28)15-3-2-14(19)8-16(15)20/h2-3,8,10-13,29H,4-7,9H2,1H3,(H,22,23,25)/t13-,18-/m1/s1. The third-order valence-corrected chi connectivity index (χ3v) is 5.52. The second kappa shape index (κ2) is 7.84. The van der Waals surface area contributed by atoms with Crippen LogP contribution in [0.15, 0.2) is 37.2 Å². The summed E-state index contributed by atoms with van der Waals surface area (Å²) < 4.78 is 29.6. The number of anilines is 1. The highest BCUT2D eigenvalue weighted by molar-refractivity contribution is 5.29. The third kappa shape index (κ3) is 3.83. The molecule has 3 heterocycles. The molecule has 1 aliphatic rings. The van der Waals surface area contributed by atoms with Crippen LogP contribution in [0.1, 0.15) is 12.5 Å².